The highest BCUT2D eigenvalue weighted by molar-refractivity contribution is 5.70. The van der Waals surface area contributed by atoms with E-state index in [1.165, 1.54) is 0 Å². The predicted molar refractivity (Wildman–Crippen MR) is 58.4 cm³/mol. The lowest BCUT2D eigenvalue weighted by Crippen LogP contribution is -2.03. The van der Waals surface area contributed by atoms with Crippen LogP contribution < -0.4 is 5.73 Å². The number of nitrogens with two attached hydrogens (primary N) is 1. The molecule has 0 amide bonds. The average Bonchev–Trinajstić information content (AvgIpc) is 2.33. The van der Waals surface area contributed by atoms with E-state index in [0.29, 0.717) is 6.07 Å². The van der Waals surface area contributed by atoms with Gasteiger partial charge in [0, 0.05) is 11.6 Å². The number of anilines is 1. The molecule has 0 radical (unpaired) electrons. The molecule has 0 aliphatic carbocycles. The summed E-state index contributed by atoms with van der Waals surface area (Å²) in [5, 5.41) is 10.8. The number of hydrogen-bond acceptors (Lipinski definition) is 5. The van der Waals surface area contributed by atoms with Crippen LogP contribution in [0.5, 0.6) is 0 Å². The summed E-state index contributed by atoms with van der Waals surface area (Å²) in [4.78, 5) is 16.8. The van der Waals surface area contributed by atoms with Crippen molar-refractivity contribution in [3.8, 4) is 11.3 Å². The SMILES string of the molecule is Nc1ncc([N+](=O)[O-])c(-c2cc(F)c(F)cc2F)n1. The van der Waals surface area contributed by atoms with E-state index in [1.54, 1.807) is 0 Å². The van der Waals surface area contributed by atoms with Gasteiger partial charge in [-0.05, 0) is 6.07 Å². The number of aromatic nitrogens is 2. The van der Waals surface area contributed by atoms with Gasteiger partial charge in [0.15, 0.2) is 17.3 Å². The van der Waals surface area contributed by atoms with Crippen LogP contribution in [0.25, 0.3) is 11.3 Å². The van der Waals surface area contributed by atoms with Crippen molar-refractivity contribution < 1.29 is 18.1 Å². The molecule has 98 valence electrons. The van der Waals surface area contributed by atoms with E-state index in [-0.39, 0.29) is 12.0 Å². The van der Waals surface area contributed by atoms with Gasteiger partial charge in [0.05, 0.1) is 4.92 Å². The Morgan fingerprint density at radius 1 is 1.16 bits per heavy atom. The first-order valence-corrected chi connectivity index (χ1v) is 4.82. The zero-order valence-electron chi connectivity index (χ0n) is 9.10. The highest BCUT2D eigenvalue weighted by Crippen LogP contribution is 2.30. The molecule has 1 heterocycles. The van der Waals surface area contributed by atoms with Crippen LogP contribution in [0.1, 0.15) is 0 Å². The second kappa shape index (κ2) is 4.52. The summed E-state index contributed by atoms with van der Waals surface area (Å²) in [6.45, 7) is 0. The minimum Gasteiger partial charge on any atom is -0.368 e. The molecule has 9 heteroatoms. The standard InChI is InChI=1S/C10H5F3N4O2/c11-5-2-7(13)6(12)1-4(5)9-8(17(18)19)3-15-10(14)16-9/h1-3H,(H2,14,15,16). The molecule has 6 nitrogen and oxygen atoms in total. The van der Waals surface area contributed by atoms with E-state index in [0.717, 1.165) is 6.20 Å². The third kappa shape index (κ3) is 2.30. The smallest absolute Gasteiger partial charge is 0.313 e. The molecule has 1 aromatic heterocycles. The van der Waals surface area contributed by atoms with Crippen molar-refractivity contribution in [2.24, 2.45) is 0 Å². The van der Waals surface area contributed by atoms with Crippen molar-refractivity contribution in [2.75, 3.05) is 5.73 Å². The van der Waals surface area contributed by atoms with Gasteiger partial charge in [0.2, 0.25) is 5.95 Å². The summed E-state index contributed by atoms with van der Waals surface area (Å²) in [5.74, 6) is -4.32. The van der Waals surface area contributed by atoms with Crippen LogP contribution in [0.3, 0.4) is 0 Å². The summed E-state index contributed by atoms with van der Waals surface area (Å²) in [6.07, 6.45) is 0.762. The number of nitro groups is 1. The Bertz CT molecular complexity index is 678. The fraction of sp³-hybridized carbons (Fsp3) is 0. The Morgan fingerprint density at radius 3 is 2.42 bits per heavy atom. The van der Waals surface area contributed by atoms with Crippen LogP contribution in [-0.4, -0.2) is 14.9 Å². The van der Waals surface area contributed by atoms with Gasteiger partial charge < -0.3 is 5.73 Å². The fourth-order valence-electron chi connectivity index (χ4n) is 1.42. The van der Waals surface area contributed by atoms with Crippen LogP contribution >= 0.6 is 0 Å². The molecule has 2 rings (SSSR count). The van der Waals surface area contributed by atoms with Crippen LogP contribution in [0.15, 0.2) is 18.3 Å². The first kappa shape index (κ1) is 12.7. The normalized spacial score (nSPS) is 10.5. The van der Waals surface area contributed by atoms with Crippen molar-refractivity contribution >= 4 is 11.6 Å². The molecule has 0 aliphatic rings. The molecule has 0 saturated heterocycles. The Kier molecular flexibility index (Phi) is 3.03. The van der Waals surface area contributed by atoms with Crippen LogP contribution in [-0.2, 0) is 0 Å². The van der Waals surface area contributed by atoms with E-state index in [2.05, 4.69) is 9.97 Å². The molecule has 0 spiro atoms. The van der Waals surface area contributed by atoms with Crippen molar-refractivity contribution in [1.29, 1.82) is 0 Å². The second-order valence-corrected chi connectivity index (χ2v) is 3.47. The minimum absolute atomic E-state index is 0.271. The van der Waals surface area contributed by atoms with Crippen LogP contribution in [0.2, 0.25) is 0 Å². The molecular weight excluding hydrogens is 265 g/mol. The maximum atomic E-state index is 13.6. The number of halogens is 3. The van der Waals surface area contributed by atoms with Gasteiger partial charge in [-0.25, -0.2) is 23.1 Å². The van der Waals surface area contributed by atoms with Gasteiger partial charge >= 0.3 is 5.69 Å². The molecule has 2 N–H and O–H groups in total. The number of hydrogen-bond donors (Lipinski definition) is 1. The van der Waals surface area contributed by atoms with Crippen LogP contribution in [0.4, 0.5) is 24.8 Å². The molecule has 2 aromatic rings. The third-order valence-electron chi connectivity index (χ3n) is 2.25. The first-order chi connectivity index (χ1) is 8.90. The lowest BCUT2D eigenvalue weighted by Gasteiger charge is -2.05. The third-order valence-corrected chi connectivity index (χ3v) is 2.25. The highest BCUT2D eigenvalue weighted by Gasteiger charge is 2.22. The molecule has 0 unspecified atom stereocenters. The van der Waals surface area contributed by atoms with E-state index in [1.807, 2.05) is 0 Å². The fourth-order valence-corrected chi connectivity index (χ4v) is 1.42. The Labute approximate surface area is 103 Å². The van der Waals surface area contributed by atoms with Gasteiger partial charge in [0.25, 0.3) is 0 Å². The van der Waals surface area contributed by atoms with Gasteiger partial charge in [-0.2, -0.15) is 0 Å². The van der Waals surface area contributed by atoms with Crippen molar-refractivity contribution in [1.82, 2.24) is 9.97 Å². The minimum atomic E-state index is -1.41. The zero-order chi connectivity index (χ0) is 14.2. The molecular formula is C10H5F3N4O2. The largest absolute Gasteiger partial charge is 0.368 e. The summed E-state index contributed by atoms with van der Waals surface area (Å²) in [5.41, 5.74) is 3.49. The summed E-state index contributed by atoms with van der Waals surface area (Å²) >= 11 is 0. The maximum Gasteiger partial charge on any atom is 0.313 e. The lowest BCUT2D eigenvalue weighted by atomic mass is 10.1. The number of nitrogens with zero attached hydrogens (tertiary/aromatic N) is 3. The van der Waals surface area contributed by atoms with Crippen molar-refractivity contribution in [3.63, 3.8) is 0 Å². The Morgan fingerprint density at radius 2 is 1.79 bits per heavy atom. The van der Waals surface area contributed by atoms with Crippen molar-refractivity contribution in [2.45, 2.75) is 0 Å². The Balaban J connectivity index is 2.74. The van der Waals surface area contributed by atoms with E-state index >= 15 is 0 Å². The van der Waals surface area contributed by atoms with E-state index in [4.69, 9.17) is 5.73 Å². The number of nitrogen functional groups attached to an aromatic ring is 1. The quantitative estimate of drug-likeness (QED) is 0.512. The van der Waals surface area contributed by atoms with Gasteiger partial charge in [0.1, 0.15) is 12.0 Å². The van der Waals surface area contributed by atoms with Gasteiger partial charge in [-0.3, -0.25) is 10.1 Å². The lowest BCUT2D eigenvalue weighted by molar-refractivity contribution is -0.384. The molecule has 0 fully saturated rings. The summed E-state index contributed by atoms with van der Waals surface area (Å²) in [7, 11) is 0. The predicted octanol–water partition coefficient (Wildman–Crippen LogP) is 2.05. The van der Waals surface area contributed by atoms with Crippen LogP contribution in [0, 0.1) is 27.6 Å². The Hall–Kier alpha value is -2.71. The topological polar surface area (TPSA) is 94.9 Å². The molecule has 0 saturated carbocycles. The van der Waals surface area contributed by atoms with E-state index < -0.39 is 39.3 Å². The molecule has 19 heavy (non-hydrogen) atoms. The number of benzene rings is 1. The molecule has 0 bridgehead atoms. The molecule has 0 aliphatic heterocycles. The molecule has 1 aromatic carbocycles. The van der Waals surface area contributed by atoms with Gasteiger partial charge in [-0.15, -0.1) is 0 Å². The average molecular weight is 270 g/mol. The van der Waals surface area contributed by atoms with Crippen molar-refractivity contribution in [3.05, 3.63) is 45.9 Å². The van der Waals surface area contributed by atoms with E-state index in [9.17, 15) is 23.3 Å². The second-order valence-electron chi connectivity index (χ2n) is 3.47. The maximum absolute atomic E-state index is 13.6. The number of rotatable bonds is 2. The highest BCUT2D eigenvalue weighted by atomic mass is 19.2. The monoisotopic (exact) mass is 270 g/mol. The molecule has 0 atom stereocenters. The zero-order valence-corrected chi connectivity index (χ0v) is 9.10. The first-order valence-electron chi connectivity index (χ1n) is 4.82. The van der Waals surface area contributed by atoms with Gasteiger partial charge in [-0.1, -0.05) is 0 Å². The summed E-state index contributed by atoms with van der Waals surface area (Å²) < 4.78 is 39.5. The summed E-state index contributed by atoms with van der Waals surface area (Å²) in [6, 6.07) is 0.742.